The van der Waals surface area contributed by atoms with Crippen molar-refractivity contribution in [2.24, 2.45) is 0 Å². The van der Waals surface area contributed by atoms with E-state index in [2.05, 4.69) is 182 Å². The average molecular weight is 723 g/mol. The number of hydrogen-bond donors (Lipinski definition) is 0. The first kappa shape index (κ1) is 33.2. The van der Waals surface area contributed by atoms with E-state index in [1.54, 1.807) is 0 Å². The van der Waals surface area contributed by atoms with E-state index in [4.69, 9.17) is 0 Å². The third-order valence-electron chi connectivity index (χ3n) is 13.1. The van der Waals surface area contributed by atoms with E-state index in [-0.39, 0.29) is 5.41 Å². The first-order valence-corrected chi connectivity index (χ1v) is 20.5. The van der Waals surface area contributed by atoms with Crippen molar-refractivity contribution in [3.05, 3.63) is 179 Å². The van der Waals surface area contributed by atoms with Crippen LogP contribution in [0.15, 0.2) is 152 Å². The monoisotopic (exact) mass is 722 g/mol. The Morgan fingerprint density at radius 1 is 0.446 bits per heavy atom. The largest absolute Gasteiger partial charge is 0.341 e. The van der Waals surface area contributed by atoms with E-state index in [0.717, 1.165) is 38.8 Å². The molecular weight excluding hydrogens is 677 g/mol. The Balaban J connectivity index is 1.22. The van der Waals surface area contributed by atoms with Crippen LogP contribution in [-0.4, -0.2) is 13.1 Å². The maximum atomic E-state index is 2.55. The van der Waals surface area contributed by atoms with Crippen molar-refractivity contribution in [1.82, 2.24) is 0 Å². The van der Waals surface area contributed by atoms with Crippen LogP contribution >= 0.6 is 0 Å². The number of benzene rings is 8. The van der Waals surface area contributed by atoms with Gasteiger partial charge in [-0.25, -0.2) is 0 Å². The maximum absolute atomic E-state index is 2.55. The third-order valence-corrected chi connectivity index (χ3v) is 13.1. The number of fused-ring (bicyclic) bond motifs is 7. The Bertz CT molecular complexity index is 2860. The molecule has 0 amide bonds. The molecule has 0 atom stereocenters. The van der Waals surface area contributed by atoms with Crippen LogP contribution in [0.25, 0.3) is 54.9 Å². The molecule has 2 nitrogen and oxygen atoms in total. The molecule has 0 fully saturated rings. The minimum atomic E-state index is -0.0904. The summed E-state index contributed by atoms with van der Waals surface area (Å²) in [4.78, 5) is 5.10. The second kappa shape index (κ2) is 12.7. The van der Waals surface area contributed by atoms with Crippen LogP contribution in [0.1, 0.15) is 54.5 Å². The highest BCUT2D eigenvalue weighted by atomic mass is 15.1. The summed E-state index contributed by atoms with van der Waals surface area (Å²) in [5, 5.41) is 5.20. The van der Waals surface area contributed by atoms with E-state index in [0.29, 0.717) is 0 Å². The summed E-state index contributed by atoms with van der Waals surface area (Å²) in [6.07, 6.45) is 4.56. The normalized spacial score (nSPS) is 15.4. The molecule has 0 bridgehead atoms. The SMILES string of the molecule is Cc1ccc(-c2c3ccc(N4CCCc5ccccc54)cc3c(-c3ccc4c(c3)C(C)(C)c3ccccc3-4)c3ccc(N4CCCc5ccccc54)cc23)cc1. The van der Waals surface area contributed by atoms with E-state index >= 15 is 0 Å². The first-order valence-electron chi connectivity index (χ1n) is 20.5. The van der Waals surface area contributed by atoms with Gasteiger partial charge in [-0.15, -0.1) is 0 Å². The molecule has 2 heterocycles. The van der Waals surface area contributed by atoms with Gasteiger partial charge in [-0.1, -0.05) is 129 Å². The number of nitrogens with zero attached hydrogens (tertiary/aromatic N) is 2. The lowest BCUT2D eigenvalue weighted by atomic mass is 9.80. The lowest BCUT2D eigenvalue weighted by molar-refractivity contribution is 0.660. The number of anilines is 4. The molecule has 11 rings (SSSR count). The molecular formula is C54H46N2. The highest BCUT2D eigenvalue weighted by molar-refractivity contribution is 6.22. The van der Waals surface area contributed by atoms with Gasteiger partial charge in [0, 0.05) is 41.3 Å². The second-order valence-electron chi connectivity index (χ2n) is 16.8. The zero-order chi connectivity index (χ0) is 37.5. The minimum Gasteiger partial charge on any atom is -0.341 e. The van der Waals surface area contributed by atoms with Crippen molar-refractivity contribution in [3.8, 4) is 33.4 Å². The van der Waals surface area contributed by atoms with Crippen LogP contribution in [0.4, 0.5) is 22.7 Å². The predicted octanol–water partition coefficient (Wildman–Crippen LogP) is 14.1. The quantitative estimate of drug-likeness (QED) is 0.167. The van der Waals surface area contributed by atoms with Crippen LogP contribution in [0.5, 0.6) is 0 Å². The van der Waals surface area contributed by atoms with E-state index in [9.17, 15) is 0 Å². The fourth-order valence-electron chi connectivity index (χ4n) is 10.3. The molecule has 0 saturated heterocycles. The van der Waals surface area contributed by atoms with Gasteiger partial charge in [0.1, 0.15) is 0 Å². The van der Waals surface area contributed by atoms with Crippen LogP contribution in [0.2, 0.25) is 0 Å². The second-order valence-corrected chi connectivity index (χ2v) is 16.8. The molecule has 8 aromatic carbocycles. The van der Waals surface area contributed by atoms with E-state index in [1.165, 1.54) is 105 Å². The Kier molecular flexibility index (Phi) is 7.55. The lowest BCUT2D eigenvalue weighted by Crippen LogP contribution is -2.24. The van der Waals surface area contributed by atoms with Gasteiger partial charge in [-0.2, -0.15) is 0 Å². The van der Waals surface area contributed by atoms with Crippen LogP contribution in [0, 0.1) is 6.92 Å². The average Bonchev–Trinajstić information content (AvgIpc) is 3.47. The van der Waals surface area contributed by atoms with Crippen LogP contribution in [-0.2, 0) is 18.3 Å². The fraction of sp³-hybridized carbons (Fsp3) is 0.185. The van der Waals surface area contributed by atoms with Gasteiger partial charge in [0.05, 0.1) is 0 Å². The van der Waals surface area contributed by atoms with E-state index in [1.807, 2.05) is 0 Å². The Morgan fingerprint density at radius 2 is 0.964 bits per heavy atom. The molecule has 0 unspecified atom stereocenters. The Hall–Kier alpha value is -6.12. The first-order chi connectivity index (χ1) is 27.4. The molecule has 8 aromatic rings. The van der Waals surface area contributed by atoms with Crippen molar-refractivity contribution in [1.29, 1.82) is 0 Å². The molecule has 2 heteroatoms. The minimum absolute atomic E-state index is 0.0904. The summed E-state index contributed by atoms with van der Waals surface area (Å²) in [6, 6.07) is 58.1. The molecule has 0 N–H and O–H groups in total. The van der Waals surface area contributed by atoms with Gasteiger partial charge in [-0.05, 0) is 152 Å². The summed E-state index contributed by atoms with van der Waals surface area (Å²) in [5.74, 6) is 0. The molecule has 0 aromatic heterocycles. The zero-order valence-electron chi connectivity index (χ0n) is 32.6. The van der Waals surface area contributed by atoms with Crippen molar-refractivity contribution < 1.29 is 0 Å². The summed E-state index contributed by atoms with van der Waals surface area (Å²) < 4.78 is 0. The van der Waals surface area contributed by atoms with Crippen molar-refractivity contribution in [3.63, 3.8) is 0 Å². The molecule has 0 radical (unpaired) electrons. The molecule has 2 aliphatic heterocycles. The molecule has 0 saturated carbocycles. The van der Waals surface area contributed by atoms with Crippen molar-refractivity contribution in [2.45, 2.75) is 51.9 Å². The molecule has 56 heavy (non-hydrogen) atoms. The Morgan fingerprint density at radius 3 is 1.59 bits per heavy atom. The molecule has 1 aliphatic carbocycles. The van der Waals surface area contributed by atoms with Gasteiger partial charge in [0.2, 0.25) is 0 Å². The summed E-state index contributed by atoms with van der Waals surface area (Å²) in [7, 11) is 0. The molecule has 272 valence electrons. The molecule has 0 spiro atoms. The lowest BCUT2D eigenvalue weighted by Gasteiger charge is -2.32. The smallest absolute Gasteiger partial charge is 0.0443 e. The van der Waals surface area contributed by atoms with Gasteiger partial charge in [0.25, 0.3) is 0 Å². The number of rotatable bonds is 4. The number of aryl methyl sites for hydroxylation is 3. The van der Waals surface area contributed by atoms with Gasteiger partial charge in [-0.3, -0.25) is 0 Å². The van der Waals surface area contributed by atoms with Crippen LogP contribution < -0.4 is 9.80 Å². The standard InChI is InChI=1S/C54H46N2/c1-35-20-22-38(23-21-35)52-44-28-25-41(56-31-11-15-37-13-5-9-19-51(37)56)34-47(44)53(39-24-27-43-42-16-6-7-17-48(42)54(2,3)49(43)32-39)45-29-26-40(33-46(45)52)55-30-10-14-36-12-4-8-18-50(36)55/h4-9,12-13,16-29,32-34H,10-11,14-15,30-31H2,1-3H3. The Labute approximate surface area is 330 Å². The highest BCUT2D eigenvalue weighted by Crippen LogP contribution is 2.52. The van der Waals surface area contributed by atoms with Crippen LogP contribution in [0.3, 0.4) is 0 Å². The van der Waals surface area contributed by atoms with Gasteiger partial charge >= 0.3 is 0 Å². The number of hydrogen-bond acceptors (Lipinski definition) is 2. The molecule has 3 aliphatic rings. The third kappa shape index (κ3) is 5.08. The summed E-state index contributed by atoms with van der Waals surface area (Å²) in [5.41, 5.74) is 20.0. The summed E-state index contributed by atoms with van der Waals surface area (Å²) >= 11 is 0. The summed E-state index contributed by atoms with van der Waals surface area (Å²) in [6.45, 7) is 9.01. The van der Waals surface area contributed by atoms with Gasteiger partial charge in [0.15, 0.2) is 0 Å². The topological polar surface area (TPSA) is 6.48 Å². The number of para-hydroxylation sites is 2. The fourth-order valence-corrected chi connectivity index (χ4v) is 10.3. The van der Waals surface area contributed by atoms with E-state index < -0.39 is 0 Å². The predicted molar refractivity (Wildman–Crippen MR) is 238 cm³/mol. The maximum Gasteiger partial charge on any atom is 0.0443 e. The van der Waals surface area contributed by atoms with Gasteiger partial charge < -0.3 is 9.80 Å². The zero-order valence-corrected chi connectivity index (χ0v) is 32.6. The highest BCUT2D eigenvalue weighted by Gasteiger charge is 2.35. The van der Waals surface area contributed by atoms with Crippen molar-refractivity contribution in [2.75, 3.05) is 22.9 Å². The van der Waals surface area contributed by atoms with Crippen molar-refractivity contribution >= 4 is 44.3 Å².